The first-order chi connectivity index (χ1) is 15.7. The first-order valence-electron chi connectivity index (χ1n) is 11.3. The third-order valence-corrected chi connectivity index (χ3v) is 6.05. The van der Waals surface area contributed by atoms with Gasteiger partial charge in [0.2, 0.25) is 12.7 Å². The number of likely N-dealkylation sites (N-methyl/N-ethyl adjacent to an activating group) is 1. The average molecular weight is 435 g/mol. The van der Waals surface area contributed by atoms with Crippen molar-refractivity contribution in [2.45, 2.75) is 6.42 Å². The first kappa shape index (κ1) is 20.8. The Morgan fingerprint density at radius 1 is 0.906 bits per heavy atom. The van der Waals surface area contributed by atoms with E-state index in [1.165, 1.54) is 5.56 Å². The minimum Gasteiger partial charge on any atom is -0.454 e. The predicted molar refractivity (Wildman–Crippen MR) is 127 cm³/mol. The summed E-state index contributed by atoms with van der Waals surface area (Å²) in [5.74, 6) is 3.16. The van der Waals surface area contributed by atoms with Crippen molar-refractivity contribution in [3.8, 4) is 11.5 Å². The Morgan fingerprint density at radius 2 is 1.75 bits per heavy atom. The maximum atomic E-state index is 5.47. The molecule has 8 nitrogen and oxygen atoms in total. The Hall–Kier alpha value is -3.10. The van der Waals surface area contributed by atoms with Gasteiger partial charge in [0.25, 0.3) is 0 Å². The lowest BCUT2D eigenvalue weighted by Crippen LogP contribution is -2.45. The van der Waals surface area contributed by atoms with Gasteiger partial charge in [0.05, 0.1) is 5.52 Å². The molecule has 3 aromatic rings. The number of para-hydroxylation sites is 1. The molecule has 168 valence electrons. The Kier molecular flexibility index (Phi) is 6.22. The third kappa shape index (κ3) is 4.87. The average Bonchev–Trinajstić information content (AvgIpc) is 3.28. The van der Waals surface area contributed by atoms with Gasteiger partial charge in [0.15, 0.2) is 11.5 Å². The van der Waals surface area contributed by atoms with Crippen LogP contribution >= 0.6 is 0 Å². The second kappa shape index (κ2) is 9.58. The minimum atomic E-state index is 0.298. The number of aromatic nitrogens is 2. The van der Waals surface area contributed by atoms with E-state index in [2.05, 4.69) is 39.6 Å². The monoisotopic (exact) mass is 434 g/mol. The smallest absolute Gasteiger partial charge is 0.231 e. The summed E-state index contributed by atoms with van der Waals surface area (Å²) < 4.78 is 10.9. The molecule has 0 spiro atoms. The van der Waals surface area contributed by atoms with Gasteiger partial charge in [-0.2, -0.15) is 4.98 Å². The number of rotatable bonds is 8. The van der Waals surface area contributed by atoms with Gasteiger partial charge in [-0.15, -0.1) is 0 Å². The number of hydrogen-bond acceptors (Lipinski definition) is 8. The topological polar surface area (TPSA) is 74.8 Å². The van der Waals surface area contributed by atoms with E-state index in [9.17, 15) is 0 Å². The number of fused-ring (bicyclic) bond motifs is 2. The summed E-state index contributed by atoms with van der Waals surface area (Å²) in [5, 5.41) is 7.98. The van der Waals surface area contributed by atoms with Gasteiger partial charge in [-0.25, -0.2) is 4.98 Å². The molecule has 5 rings (SSSR count). The molecule has 0 atom stereocenters. The number of hydrogen-bond donors (Lipinski definition) is 2. The van der Waals surface area contributed by atoms with Gasteiger partial charge in [-0.05, 0) is 43.3 Å². The molecule has 1 saturated heterocycles. The van der Waals surface area contributed by atoms with Crippen molar-refractivity contribution in [3.05, 3.63) is 48.0 Å². The maximum Gasteiger partial charge on any atom is 0.231 e. The highest BCUT2D eigenvalue weighted by Crippen LogP contribution is 2.32. The molecule has 0 aliphatic carbocycles. The Bertz CT molecular complexity index is 1070. The van der Waals surface area contributed by atoms with Crippen LogP contribution in [0.3, 0.4) is 0 Å². The van der Waals surface area contributed by atoms with Crippen molar-refractivity contribution in [3.63, 3.8) is 0 Å². The third-order valence-electron chi connectivity index (χ3n) is 6.05. The number of nitrogens with one attached hydrogen (secondary N) is 2. The van der Waals surface area contributed by atoms with E-state index in [1.54, 1.807) is 0 Å². The van der Waals surface area contributed by atoms with Crippen molar-refractivity contribution in [2.24, 2.45) is 0 Å². The number of nitrogens with zero attached hydrogens (tertiary/aromatic N) is 4. The van der Waals surface area contributed by atoms with Gasteiger partial charge >= 0.3 is 0 Å². The van der Waals surface area contributed by atoms with Crippen molar-refractivity contribution < 1.29 is 9.47 Å². The van der Waals surface area contributed by atoms with Gasteiger partial charge < -0.3 is 25.0 Å². The summed E-state index contributed by atoms with van der Waals surface area (Å²) in [4.78, 5) is 14.4. The van der Waals surface area contributed by atoms with Crippen LogP contribution in [0.15, 0.2) is 42.5 Å². The van der Waals surface area contributed by atoms with Crippen LogP contribution in [-0.2, 0) is 6.42 Å². The molecule has 0 radical (unpaired) electrons. The van der Waals surface area contributed by atoms with Gasteiger partial charge in [-0.3, -0.25) is 4.90 Å². The normalized spacial score (nSPS) is 16.4. The summed E-state index contributed by atoms with van der Waals surface area (Å²) >= 11 is 0. The lowest BCUT2D eigenvalue weighted by atomic mass is 10.1. The summed E-state index contributed by atoms with van der Waals surface area (Å²) in [6.07, 6.45) is 0.846. The van der Waals surface area contributed by atoms with E-state index in [0.29, 0.717) is 12.7 Å². The lowest BCUT2D eigenvalue weighted by molar-refractivity contribution is 0.158. The van der Waals surface area contributed by atoms with Crippen LogP contribution in [0.25, 0.3) is 10.9 Å². The van der Waals surface area contributed by atoms with E-state index in [0.717, 1.165) is 80.5 Å². The molecule has 1 aromatic heterocycles. The van der Waals surface area contributed by atoms with E-state index in [-0.39, 0.29) is 0 Å². The molecular weight excluding hydrogens is 404 g/mol. The van der Waals surface area contributed by atoms with Crippen molar-refractivity contribution in [2.75, 3.05) is 70.3 Å². The lowest BCUT2D eigenvalue weighted by Gasteiger charge is -2.32. The SMILES string of the molecule is CN1CCN(CCNc2nc(NCCc3ccc4c(c3)OCO4)nc3ccccc23)CC1. The zero-order valence-electron chi connectivity index (χ0n) is 18.5. The fourth-order valence-electron chi connectivity index (χ4n) is 4.11. The zero-order chi connectivity index (χ0) is 21.8. The van der Waals surface area contributed by atoms with Crippen LogP contribution in [0.2, 0.25) is 0 Å². The van der Waals surface area contributed by atoms with Crippen LogP contribution in [0.4, 0.5) is 11.8 Å². The molecule has 32 heavy (non-hydrogen) atoms. The van der Waals surface area contributed by atoms with Crippen LogP contribution in [0, 0.1) is 0 Å². The molecule has 0 amide bonds. The number of benzene rings is 2. The summed E-state index contributed by atoms with van der Waals surface area (Å²) in [5.41, 5.74) is 2.13. The molecule has 2 aromatic carbocycles. The molecule has 2 aliphatic heterocycles. The van der Waals surface area contributed by atoms with E-state index in [1.807, 2.05) is 30.3 Å². The second-order valence-electron chi connectivity index (χ2n) is 8.35. The fraction of sp³-hybridized carbons (Fsp3) is 0.417. The van der Waals surface area contributed by atoms with Crippen LogP contribution in [0.5, 0.6) is 11.5 Å². The molecule has 2 N–H and O–H groups in total. The van der Waals surface area contributed by atoms with Crippen LogP contribution in [-0.4, -0.2) is 79.4 Å². The largest absolute Gasteiger partial charge is 0.454 e. The van der Waals surface area contributed by atoms with E-state index in [4.69, 9.17) is 19.4 Å². The van der Waals surface area contributed by atoms with Crippen molar-refractivity contribution >= 4 is 22.7 Å². The Balaban J connectivity index is 1.21. The molecule has 3 heterocycles. The maximum absolute atomic E-state index is 5.47. The highest BCUT2D eigenvalue weighted by atomic mass is 16.7. The first-order valence-corrected chi connectivity index (χ1v) is 11.3. The van der Waals surface area contributed by atoms with E-state index < -0.39 is 0 Å². The molecule has 0 bridgehead atoms. The predicted octanol–water partition coefficient (Wildman–Crippen LogP) is 2.67. The summed E-state index contributed by atoms with van der Waals surface area (Å²) in [7, 11) is 2.18. The van der Waals surface area contributed by atoms with Crippen LogP contribution in [0.1, 0.15) is 5.56 Å². The van der Waals surface area contributed by atoms with Crippen molar-refractivity contribution in [1.82, 2.24) is 19.8 Å². The standard InChI is InChI=1S/C24H30N6O2/c1-29-12-14-30(15-13-29)11-10-25-23-19-4-2-3-5-20(19)27-24(28-23)26-9-8-18-6-7-21-22(16-18)32-17-31-21/h2-7,16H,8-15,17H2,1H3,(H2,25,26,27,28). The number of ether oxygens (including phenoxy) is 2. The fourth-order valence-corrected chi connectivity index (χ4v) is 4.11. The number of anilines is 2. The van der Waals surface area contributed by atoms with Crippen molar-refractivity contribution in [1.29, 1.82) is 0 Å². The molecule has 0 saturated carbocycles. The Labute approximate surface area is 188 Å². The van der Waals surface area contributed by atoms with Gasteiger partial charge in [0, 0.05) is 51.2 Å². The molecule has 8 heteroatoms. The summed E-state index contributed by atoms with van der Waals surface area (Å²) in [6, 6.07) is 14.2. The Morgan fingerprint density at radius 3 is 2.66 bits per heavy atom. The van der Waals surface area contributed by atoms with E-state index >= 15 is 0 Å². The highest BCUT2D eigenvalue weighted by Gasteiger charge is 2.15. The second-order valence-corrected chi connectivity index (χ2v) is 8.35. The summed E-state index contributed by atoms with van der Waals surface area (Å²) in [6.45, 7) is 7.41. The zero-order valence-corrected chi connectivity index (χ0v) is 18.5. The molecular formula is C24H30N6O2. The van der Waals surface area contributed by atoms with Gasteiger partial charge in [-0.1, -0.05) is 18.2 Å². The highest BCUT2D eigenvalue weighted by molar-refractivity contribution is 5.90. The molecule has 0 unspecified atom stereocenters. The number of piperazine rings is 1. The quantitative estimate of drug-likeness (QED) is 0.561. The van der Waals surface area contributed by atoms with Gasteiger partial charge in [0.1, 0.15) is 5.82 Å². The molecule has 1 fully saturated rings. The molecule has 2 aliphatic rings. The minimum absolute atomic E-state index is 0.298. The van der Waals surface area contributed by atoms with Crippen LogP contribution < -0.4 is 20.1 Å².